The fourth-order valence-electron chi connectivity index (χ4n) is 3.37. The second-order valence-corrected chi connectivity index (χ2v) is 8.36. The number of carbonyl (C=O) groups excluding carboxylic acids is 2. The number of aromatic amines is 1. The Balaban J connectivity index is 1.22. The summed E-state index contributed by atoms with van der Waals surface area (Å²) in [6, 6.07) is 15.8. The number of hydrogen-bond donors (Lipinski definition) is 2. The van der Waals surface area contributed by atoms with Gasteiger partial charge in [-0.05, 0) is 55.2 Å². The lowest BCUT2D eigenvalue weighted by Crippen LogP contribution is -2.40. The number of H-pyrrole nitrogens is 1. The Labute approximate surface area is 185 Å². The van der Waals surface area contributed by atoms with E-state index in [9.17, 15) is 9.59 Å². The summed E-state index contributed by atoms with van der Waals surface area (Å²) in [6.07, 6.45) is 5.15. The number of nitrogens with one attached hydrogen (secondary N) is 2. The Morgan fingerprint density at radius 2 is 1.84 bits per heavy atom. The Hall–Kier alpha value is -3.26. The smallest absolute Gasteiger partial charge is 0.410 e. The molecule has 1 aliphatic rings. The minimum absolute atomic E-state index is 0.182. The molecule has 2 aromatic carbocycles. The van der Waals surface area contributed by atoms with Gasteiger partial charge in [-0.3, -0.25) is 4.79 Å². The topological polar surface area (TPSA) is 87.3 Å². The predicted molar refractivity (Wildman–Crippen MR) is 120 cm³/mol. The molecule has 4 rings (SSSR count). The number of imidazole rings is 1. The Kier molecular flexibility index (Phi) is 6.89. The third-order valence-corrected chi connectivity index (χ3v) is 6.29. The van der Waals surface area contributed by atoms with Gasteiger partial charge in [0.1, 0.15) is 5.75 Å². The summed E-state index contributed by atoms with van der Waals surface area (Å²) in [5.74, 6) is 1.83. The molecule has 3 aromatic rings. The summed E-state index contributed by atoms with van der Waals surface area (Å²) in [4.78, 5) is 33.8. The number of rotatable bonds is 6. The number of anilines is 1. The van der Waals surface area contributed by atoms with E-state index in [-0.39, 0.29) is 12.0 Å². The SMILES string of the molecule is O=C(Nc1ccc(OC(=O)N2CCC(CSc3ncc[nH]3)CC2)cc1)c1ccccc1. The van der Waals surface area contributed by atoms with Crippen molar-refractivity contribution in [2.75, 3.05) is 24.2 Å². The quantitative estimate of drug-likeness (QED) is 0.549. The number of benzene rings is 2. The average Bonchev–Trinajstić information content (AvgIpc) is 3.33. The molecule has 7 nitrogen and oxygen atoms in total. The molecule has 2 heterocycles. The van der Waals surface area contributed by atoms with E-state index in [1.54, 1.807) is 59.3 Å². The number of hydrogen-bond acceptors (Lipinski definition) is 5. The van der Waals surface area contributed by atoms with Gasteiger partial charge in [-0.15, -0.1) is 0 Å². The summed E-state index contributed by atoms with van der Waals surface area (Å²) >= 11 is 1.72. The van der Waals surface area contributed by atoms with Gasteiger partial charge in [0, 0.05) is 42.5 Å². The number of ether oxygens (including phenoxy) is 1. The van der Waals surface area contributed by atoms with Crippen LogP contribution >= 0.6 is 11.8 Å². The van der Waals surface area contributed by atoms with Gasteiger partial charge < -0.3 is 19.9 Å². The van der Waals surface area contributed by atoms with Gasteiger partial charge in [-0.25, -0.2) is 9.78 Å². The van der Waals surface area contributed by atoms with Crippen LogP contribution in [-0.2, 0) is 0 Å². The van der Waals surface area contributed by atoms with Gasteiger partial charge in [0.15, 0.2) is 5.16 Å². The minimum Gasteiger partial charge on any atom is -0.410 e. The normalized spacial score (nSPS) is 14.3. The van der Waals surface area contributed by atoms with E-state index in [0.717, 1.165) is 23.8 Å². The van der Waals surface area contributed by atoms with E-state index in [1.165, 1.54) is 0 Å². The first-order valence-corrected chi connectivity index (χ1v) is 11.2. The Morgan fingerprint density at radius 1 is 1.10 bits per heavy atom. The van der Waals surface area contributed by atoms with Crippen molar-refractivity contribution in [1.29, 1.82) is 0 Å². The van der Waals surface area contributed by atoms with E-state index in [1.807, 2.05) is 24.4 Å². The highest BCUT2D eigenvalue weighted by Crippen LogP contribution is 2.25. The summed E-state index contributed by atoms with van der Waals surface area (Å²) < 4.78 is 5.51. The third-order valence-electron chi connectivity index (χ3n) is 5.15. The van der Waals surface area contributed by atoms with E-state index in [0.29, 0.717) is 36.0 Å². The molecule has 1 fully saturated rings. The highest BCUT2D eigenvalue weighted by atomic mass is 32.2. The molecule has 1 saturated heterocycles. The van der Waals surface area contributed by atoms with Crippen molar-refractivity contribution in [2.45, 2.75) is 18.0 Å². The second-order valence-electron chi connectivity index (χ2n) is 7.35. The number of piperidine rings is 1. The van der Waals surface area contributed by atoms with Gasteiger partial charge >= 0.3 is 6.09 Å². The molecule has 0 unspecified atom stereocenters. The maximum atomic E-state index is 12.5. The summed E-state index contributed by atoms with van der Waals surface area (Å²) in [7, 11) is 0. The van der Waals surface area contributed by atoms with Crippen LogP contribution in [0.1, 0.15) is 23.2 Å². The molecule has 0 atom stereocenters. The molecule has 160 valence electrons. The van der Waals surface area contributed by atoms with Crippen molar-refractivity contribution in [3.63, 3.8) is 0 Å². The van der Waals surface area contributed by atoms with Crippen molar-refractivity contribution in [2.24, 2.45) is 5.92 Å². The largest absolute Gasteiger partial charge is 0.415 e. The molecule has 0 bridgehead atoms. The molecule has 8 heteroatoms. The molecule has 31 heavy (non-hydrogen) atoms. The first-order chi connectivity index (χ1) is 15.2. The highest BCUT2D eigenvalue weighted by molar-refractivity contribution is 7.99. The zero-order valence-corrected chi connectivity index (χ0v) is 17.8. The zero-order chi connectivity index (χ0) is 21.5. The van der Waals surface area contributed by atoms with Gasteiger partial charge in [0.05, 0.1) is 0 Å². The minimum atomic E-state index is -0.335. The lowest BCUT2D eigenvalue weighted by molar-refractivity contribution is 0.102. The van der Waals surface area contributed by atoms with Crippen LogP contribution in [0.2, 0.25) is 0 Å². The van der Waals surface area contributed by atoms with Crippen molar-refractivity contribution >= 4 is 29.4 Å². The molecular formula is C23H24N4O3S. The van der Waals surface area contributed by atoms with Crippen molar-refractivity contribution < 1.29 is 14.3 Å². The molecule has 0 spiro atoms. The van der Waals surface area contributed by atoms with Crippen LogP contribution in [0.15, 0.2) is 72.1 Å². The number of amides is 2. The fraction of sp³-hybridized carbons (Fsp3) is 0.261. The monoisotopic (exact) mass is 436 g/mol. The molecule has 1 aliphatic heterocycles. The summed E-state index contributed by atoms with van der Waals surface area (Å²) in [5, 5.41) is 3.77. The standard InChI is InChI=1S/C23H24N4O3S/c28-21(18-4-2-1-3-5-18)26-19-6-8-20(9-7-19)30-23(29)27-14-10-17(11-15-27)16-31-22-24-12-13-25-22/h1-9,12-13,17H,10-11,14-16H2,(H,24,25)(H,26,28). The number of thioether (sulfide) groups is 1. The van der Waals surface area contributed by atoms with Crippen LogP contribution in [0.4, 0.5) is 10.5 Å². The first kappa shape index (κ1) is 21.0. The fourth-order valence-corrected chi connectivity index (χ4v) is 4.39. The lowest BCUT2D eigenvalue weighted by atomic mass is 9.99. The van der Waals surface area contributed by atoms with Gasteiger partial charge in [0.25, 0.3) is 5.91 Å². The third kappa shape index (κ3) is 5.88. The zero-order valence-electron chi connectivity index (χ0n) is 17.0. The summed E-state index contributed by atoms with van der Waals surface area (Å²) in [5.41, 5.74) is 1.23. The first-order valence-electron chi connectivity index (χ1n) is 10.2. The van der Waals surface area contributed by atoms with Gasteiger partial charge in [-0.1, -0.05) is 30.0 Å². The van der Waals surface area contributed by atoms with Crippen molar-refractivity contribution in [1.82, 2.24) is 14.9 Å². The molecule has 0 aliphatic carbocycles. The number of carbonyl (C=O) groups is 2. The van der Waals surface area contributed by atoms with Crippen LogP contribution in [-0.4, -0.2) is 45.7 Å². The molecular weight excluding hydrogens is 412 g/mol. The molecule has 2 amide bonds. The summed E-state index contributed by atoms with van der Waals surface area (Å²) in [6.45, 7) is 1.38. The predicted octanol–water partition coefficient (Wildman–Crippen LogP) is 4.67. The molecule has 0 radical (unpaired) electrons. The lowest BCUT2D eigenvalue weighted by Gasteiger charge is -2.30. The van der Waals surface area contributed by atoms with Gasteiger partial charge in [0.2, 0.25) is 0 Å². The van der Waals surface area contributed by atoms with Crippen LogP contribution in [0, 0.1) is 5.92 Å². The van der Waals surface area contributed by atoms with E-state index < -0.39 is 0 Å². The maximum absolute atomic E-state index is 12.5. The number of nitrogens with zero attached hydrogens (tertiary/aromatic N) is 2. The van der Waals surface area contributed by atoms with E-state index in [2.05, 4.69) is 15.3 Å². The van der Waals surface area contributed by atoms with E-state index in [4.69, 9.17) is 4.74 Å². The molecule has 1 aromatic heterocycles. The second kappa shape index (κ2) is 10.2. The van der Waals surface area contributed by atoms with Gasteiger partial charge in [-0.2, -0.15) is 0 Å². The average molecular weight is 437 g/mol. The van der Waals surface area contributed by atoms with Crippen LogP contribution in [0.5, 0.6) is 5.75 Å². The maximum Gasteiger partial charge on any atom is 0.415 e. The van der Waals surface area contributed by atoms with Crippen LogP contribution in [0.25, 0.3) is 0 Å². The molecule has 0 saturated carbocycles. The van der Waals surface area contributed by atoms with Crippen molar-refractivity contribution in [3.05, 3.63) is 72.6 Å². The Morgan fingerprint density at radius 3 is 2.52 bits per heavy atom. The number of likely N-dealkylation sites (tertiary alicyclic amines) is 1. The number of aromatic nitrogens is 2. The van der Waals surface area contributed by atoms with E-state index >= 15 is 0 Å². The van der Waals surface area contributed by atoms with Crippen LogP contribution in [0.3, 0.4) is 0 Å². The Bertz CT molecular complexity index is 985. The highest BCUT2D eigenvalue weighted by Gasteiger charge is 2.24. The van der Waals surface area contributed by atoms with Crippen LogP contribution < -0.4 is 10.1 Å². The molecule has 2 N–H and O–H groups in total. The van der Waals surface area contributed by atoms with Crippen molar-refractivity contribution in [3.8, 4) is 5.75 Å².